The maximum Gasteiger partial charge on any atom is 0.0761 e. The average Bonchev–Trinajstić information content (AvgIpc) is 2.10. The fourth-order valence-corrected chi connectivity index (χ4v) is 0.732. The zero-order valence-electron chi connectivity index (χ0n) is 6.57. The molecule has 3 heteroatoms. The van der Waals surface area contributed by atoms with E-state index in [1.54, 1.807) is 6.92 Å². The number of hydrogen-bond donors (Lipinski definition) is 3. The summed E-state index contributed by atoms with van der Waals surface area (Å²) < 4.78 is 0. The van der Waals surface area contributed by atoms with Gasteiger partial charge in [-0.1, -0.05) is 30.3 Å². The van der Waals surface area contributed by atoms with Crippen molar-refractivity contribution >= 4 is 0 Å². The van der Waals surface area contributed by atoms with Gasteiger partial charge in [-0.2, -0.15) is 0 Å². The summed E-state index contributed by atoms with van der Waals surface area (Å²) >= 11 is 0. The van der Waals surface area contributed by atoms with Crippen LogP contribution in [-0.4, -0.2) is 5.11 Å². The third kappa shape index (κ3) is 3.72. The molecule has 0 amide bonds. The van der Waals surface area contributed by atoms with Crippen molar-refractivity contribution in [2.24, 2.45) is 11.7 Å². The standard InChI is InChI=1S/C8H10O.H4N2/c1-7(9)8-5-3-2-4-6-8;1-2/h2-7,9H,1H3;1-2H2. The topological polar surface area (TPSA) is 72.3 Å². The lowest BCUT2D eigenvalue weighted by Gasteiger charge is -2.00. The number of aliphatic hydroxyl groups is 1. The van der Waals surface area contributed by atoms with Crippen LogP contribution in [0, 0.1) is 0 Å². The molecule has 0 aliphatic heterocycles. The summed E-state index contributed by atoms with van der Waals surface area (Å²) in [5, 5.41) is 9.02. The Kier molecular flexibility index (Phi) is 5.37. The number of hydrogen-bond acceptors (Lipinski definition) is 3. The number of nitrogens with two attached hydrogens (primary N) is 2. The van der Waals surface area contributed by atoms with Crippen molar-refractivity contribution in [2.75, 3.05) is 0 Å². The van der Waals surface area contributed by atoms with E-state index < -0.39 is 0 Å². The van der Waals surface area contributed by atoms with Crippen LogP contribution in [0.15, 0.2) is 30.3 Å². The maximum atomic E-state index is 9.02. The number of rotatable bonds is 1. The van der Waals surface area contributed by atoms with Crippen molar-refractivity contribution in [3.63, 3.8) is 0 Å². The minimum atomic E-state index is -0.341. The summed E-state index contributed by atoms with van der Waals surface area (Å²) in [7, 11) is 0. The van der Waals surface area contributed by atoms with Gasteiger partial charge >= 0.3 is 0 Å². The van der Waals surface area contributed by atoms with Crippen LogP contribution in [0.25, 0.3) is 0 Å². The van der Waals surface area contributed by atoms with Crippen LogP contribution < -0.4 is 11.7 Å². The van der Waals surface area contributed by atoms with Crippen molar-refractivity contribution in [3.8, 4) is 0 Å². The summed E-state index contributed by atoms with van der Waals surface area (Å²) in [5.74, 6) is 8.00. The maximum absolute atomic E-state index is 9.02. The molecule has 1 aromatic rings. The second-order valence-electron chi connectivity index (χ2n) is 2.09. The Labute approximate surface area is 66.6 Å². The summed E-state index contributed by atoms with van der Waals surface area (Å²) in [6.45, 7) is 1.76. The van der Waals surface area contributed by atoms with E-state index in [1.807, 2.05) is 30.3 Å². The van der Waals surface area contributed by atoms with E-state index in [-0.39, 0.29) is 6.10 Å². The molecule has 1 aromatic carbocycles. The Bertz CT molecular complexity index is 175. The highest BCUT2D eigenvalue weighted by atomic mass is 16.3. The van der Waals surface area contributed by atoms with Crippen LogP contribution in [0.3, 0.4) is 0 Å². The van der Waals surface area contributed by atoms with E-state index in [0.717, 1.165) is 5.56 Å². The van der Waals surface area contributed by atoms with Crippen molar-refractivity contribution in [1.29, 1.82) is 0 Å². The summed E-state index contributed by atoms with van der Waals surface area (Å²) in [6, 6.07) is 9.59. The van der Waals surface area contributed by atoms with Gasteiger partial charge in [0.15, 0.2) is 0 Å². The lowest BCUT2D eigenvalue weighted by atomic mass is 10.1. The lowest BCUT2D eigenvalue weighted by Crippen LogP contribution is -2.02. The van der Waals surface area contributed by atoms with Gasteiger partial charge in [-0.25, -0.2) is 0 Å². The third-order valence-corrected chi connectivity index (χ3v) is 1.28. The van der Waals surface area contributed by atoms with Crippen LogP contribution in [-0.2, 0) is 0 Å². The van der Waals surface area contributed by atoms with Gasteiger partial charge in [0.05, 0.1) is 6.10 Å². The molecule has 0 radical (unpaired) electrons. The largest absolute Gasteiger partial charge is 0.389 e. The fourth-order valence-electron chi connectivity index (χ4n) is 0.732. The zero-order chi connectivity index (χ0) is 8.69. The molecule has 1 atom stereocenters. The molecule has 0 saturated carbocycles. The second-order valence-corrected chi connectivity index (χ2v) is 2.09. The van der Waals surface area contributed by atoms with E-state index in [4.69, 9.17) is 5.11 Å². The molecule has 1 rings (SSSR count). The minimum Gasteiger partial charge on any atom is -0.389 e. The quantitative estimate of drug-likeness (QED) is 0.409. The fraction of sp³-hybridized carbons (Fsp3) is 0.250. The molecule has 62 valence electrons. The van der Waals surface area contributed by atoms with Crippen LogP contribution >= 0.6 is 0 Å². The molecule has 1 unspecified atom stereocenters. The Morgan fingerprint density at radius 2 is 1.64 bits per heavy atom. The van der Waals surface area contributed by atoms with Crippen LogP contribution in [0.1, 0.15) is 18.6 Å². The van der Waals surface area contributed by atoms with Gasteiger partial charge in [0.25, 0.3) is 0 Å². The van der Waals surface area contributed by atoms with Gasteiger partial charge in [-0.15, -0.1) is 0 Å². The van der Waals surface area contributed by atoms with Crippen LogP contribution in [0.4, 0.5) is 0 Å². The van der Waals surface area contributed by atoms with Gasteiger partial charge in [-0.3, -0.25) is 11.7 Å². The van der Waals surface area contributed by atoms with E-state index in [1.165, 1.54) is 0 Å². The van der Waals surface area contributed by atoms with Gasteiger partial charge < -0.3 is 5.11 Å². The van der Waals surface area contributed by atoms with Gasteiger partial charge in [0, 0.05) is 0 Å². The first kappa shape index (κ1) is 10.1. The predicted molar refractivity (Wildman–Crippen MR) is 45.5 cm³/mol. The first-order chi connectivity index (χ1) is 5.30. The molecule has 11 heavy (non-hydrogen) atoms. The monoisotopic (exact) mass is 154 g/mol. The summed E-state index contributed by atoms with van der Waals surface area (Å²) in [4.78, 5) is 0. The zero-order valence-corrected chi connectivity index (χ0v) is 6.57. The molecule has 0 saturated heterocycles. The van der Waals surface area contributed by atoms with E-state index in [9.17, 15) is 0 Å². The normalized spacial score (nSPS) is 11.3. The third-order valence-electron chi connectivity index (χ3n) is 1.28. The van der Waals surface area contributed by atoms with Crippen molar-refractivity contribution in [2.45, 2.75) is 13.0 Å². The first-order valence-corrected chi connectivity index (χ1v) is 3.37. The molecule has 0 fully saturated rings. The molecule has 0 aromatic heterocycles. The van der Waals surface area contributed by atoms with E-state index in [2.05, 4.69) is 11.7 Å². The van der Waals surface area contributed by atoms with Crippen molar-refractivity contribution in [1.82, 2.24) is 0 Å². The summed E-state index contributed by atoms with van der Waals surface area (Å²) in [5.41, 5.74) is 0.970. The number of benzene rings is 1. The highest BCUT2D eigenvalue weighted by Crippen LogP contribution is 2.08. The number of hydrazine groups is 1. The molecular weight excluding hydrogens is 140 g/mol. The molecule has 3 nitrogen and oxygen atoms in total. The molecule has 0 spiro atoms. The highest BCUT2D eigenvalue weighted by Gasteiger charge is 1.95. The molecule has 0 aliphatic rings. The van der Waals surface area contributed by atoms with Crippen LogP contribution in [0.5, 0.6) is 0 Å². The Morgan fingerprint density at radius 3 is 1.91 bits per heavy atom. The lowest BCUT2D eigenvalue weighted by molar-refractivity contribution is 0.199. The SMILES string of the molecule is CC(O)c1ccccc1.NN. The highest BCUT2D eigenvalue weighted by molar-refractivity contribution is 5.16. The summed E-state index contributed by atoms with van der Waals surface area (Å²) in [6.07, 6.45) is -0.341. The molecule has 0 heterocycles. The average molecular weight is 154 g/mol. The molecule has 0 aliphatic carbocycles. The molecular formula is C8H14N2O. The Morgan fingerprint density at radius 1 is 1.18 bits per heavy atom. The first-order valence-electron chi connectivity index (χ1n) is 3.37. The molecule has 0 bridgehead atoms. The second kappa shape index (κ2) is 5.85. The Hall–Kier alpha value is -0.900. The molecule has 5 N–H and O–H groups in total. The minimum absolute atomic E-state index is 0.341. The smallest absolute Gasteiger partial charge is 0.0761 e. The van der Waals surface area contributed by atoms with Gasteiger partial charge in [-0.05, 0) is 12.5 Å². The van der Waals surface area contributed by atoms with Crippen LogP contribution in [0.2, 0.25) is 0 Å². The Balaban J connectivity index is 0.000000461. The van der Waals surface area contributed by atoms with E-state index in [0.29, 0.717) is 0 Å². The predicted octanol–water partition coefficient (Wildman–Crippen LogP) is 0.559. The van der Waals surface area contributed by atoms with Gasteiger partial charge in [0.1, 0.15) is 0 Å². The number of aliphatic hydroxyl groups excluding tert-OH is 1. The van der Waals surface area contributed by atoms with Crippen molar-refractivity contribution < 1.29 is 5.11 Å². The van der Waals surface area contributed by atoms with Crippen molar-refractivity contribution in [3.05, 3.63) is 35.9 Å². The van der Waals surface area contributed by atoms with E-state index >= 15 is 0 Å². The van der Waals surface area contributed by atoms with Gasteiger partial charge in [0.2, 0.25) is 0 Å².